The van der Waals surface area contributed by atoms with Crippen LogP contribution in [0.1, 0.15) is 16.9 Å². The third-order valence-corrected chi connectivity index (χ3v) is 4.32. The molecule has 0 aliphatic carbocycles. The maximum Gasteiger partial charge on any atom is 0.407 e. The van der Waals surface area contributed by atoms with Crippen molar-refractivity contribution in [3.8, 4) is 5.69 Å². The van der Waals surface area contributed by atoms with E-state index < -0.39 is 6.09 Å². The summed E-state index contributed by atoms with van der Waals surface area (Å²) in [6.07, 6.45) is 5.78. The van der Waals surface area contributed by atoms with Crippen molar-refractivity contribution in [1.29, 1.82) is 0 Å². The van der Waals surface area contributed by atoms with E-state index in [4.69, 9.17) is 4.74 Å². The molecule has 2 aromatic rings. The quantitative estimate of drug-likeness (QED) is 0.904. The molecule has 1 N–H and O–H groups in total. The zero-order valence-electron chi connectivity index (χ0n) is 12.4. The van der Waals surface area contributed by atoms with Gasteiger partial charge in [0.05, 0.1) is 12.1 Å². The summed E-state index contributed by atoms with van der Waals surface area (Å²) in [5.41, 5.74) is 0.968. The van der Waals surface area contributed by atoms with Gasteiger partial charge in [0.1, 0.15) is 5.69 Å². The minimum Gasteiger partial charge on any atom is -0.449 e. The summed E-state index contributed by atoms with van der Waals surface area (Å²) in [7, 11) is 0. The number of carbonyl (C=O) groups is 2. The molecule has 2 saturated heterocycles. The van der Waals surface area contributed by atoms with E-state index in [2.05, 4.69) is 10.3 Å². The second-order valence-corrected chi connectivity index (χ2v) is 5.94. The molecule has 2 aromatic heterocycles. The molecule has 4 rings (SSSR count). The van der Waals surface area contributed by atoms with Gasteiger partial charge in [-0.3, -0.25) is 9.78 Å². The molecule has 0 bridgehead atoms. The lowest BCUT2D eigenvalue weighted by Gasteiger charge is -2.51. The Morgan fingerprint density at radius 3 is 2.83 bits per heavy atom. The largest absolute Gasteiger partial charge is 0.449 e. The summed E-state index contributed by atoms with van der Waals surface area (Å²) in [6, 6.07) is 7.48. The van der Waals surface area contributed by atoms with Crippen LogP contribution in [0.3, 0.4) is 0 Å². The van der Waals surface area contributed by atoms with Crippen molar-refractivity contribution in [1.82, 2.24) is 19.8 Å². The number of aromatic nitrogens is 2. The van der Waals surface area contributed by atoms with Crippen LogP contribution in [0.25, 0.3) is 5.69 Å². The number of likely N-dealkylation sites (tertiary alicyclic amines) is 1. The Labute approximate surface area is 132 Å². The summed E-state index contributed by atoms with van der Waals surface area (Å²) in [4.78, 5) is 29.8. The smallest absolute Gasteiger partial charge is 0.407 e. The fraction of sp³-hybridized carbons (Fsp3) is 0.312. The van der Waals surface area contributed by atoms with Gasteiger partial charge in [-0.05, 0) is 24.3 Å². The standard InChI is InChI=1S/C16H16N4O3/c21-14(20-10-16(11-20)4-8-23-15(22)18-16)13-9-12(3-5-17-13)19-6-1-2-7-19/h1-3,5-7,9H,4,8,10-11H2,(H,18,22). The summed E-state index contributed by atoms with van der Waals surface area (Å²) in [6.45, 7) is 1.39. The zero-order chi connectivity index (χ0) is 15.9. The molecule has 23 heavy (non-hydrogen) atoms. The third kappa shape index (κ3) is 2.44. The molecule has 7 heteroatoms. The number of hydrogen-bond donors (Lipinski definition) is 1. The molecule has 2 fully saturated rings. The van der Waals surface area contributed by atoms with E-state index in [9.17, 15) is 9.59 Å². The minimum atomic E-state index is -0.406. The number of amides is 2. The normalized spacial score (nSPS) is 19.0. The molecule has 2 aliphatic heterocycles. The van der Waals surface area contributed by atoms with Gasteiger partial charge in [-0.2, -0.15) is 0 Å². The van der Waals surface area contributed by atoms with Gasteiger partial charge in [0, 0.05) is 43.8 Å². The third-order valence-electron chi connectivity index (χ3n) is 4.32. The summed E-state index contributed by atoms with van der Waals surface area (Å²) in [5.74, 6) is -0.120. The molecule has 0 unspecified atom stereocenters. The second kappa shape index (κ2) is 5.12. The van der Waals surface area contributed by atoms with Crippen LogP contribution in [-0.4, -0.2) is 51.7 Å². The van der Waals surface area contributed by atoms with Crippen molar-refractivity contribution >= 4 is 12.0 Å². The van der Waals surface area contributed by atoms with E-state index in [0.29, 0.717) is 25.4 Å². The molecular weight excluding hydrogens is 296 g/mol. The first-order chi connectivity index (χ1) is 11.2. The Morgan fingerprint density at radius 2 is 2.09 bits per heavy atom. The lowest BCUT2D eigenvalue weighted by atomic mass is 9.85. The monoisotopic (exact) mass is 312 g/mol. The van der Waals surface area contributed by atoms with Gasteiger partial charge >= 0.3 is 6.09 Å². The number of hydrogen-bond acceptors (Lipinski definition) is 4. The maximum absolute atomic E-state index is 12.6. The Hall–Kier alpha value is -2.83. The summed E-state index contributed by atoms with van der Waals surface area (Å²) < 4.78 is 6.80. The van der Waals surface area contributed by atoms with E-state index in [-0.39, 0.29) is 11.4 Å². The summed E-state index contributed by atoms with van der Waals surface area (Å²) >= 11 is 0. The van der Waals surface area contributed by atoms with Gasteiger partial charge in [0.25, 0.3) is 5.91 Å². The van der Waals surface area contributed by atoms with E-state index in [1.165, 1.54) is 0 Å². The number of nitrogens with one attached hydrogen (secondary N) is 1. The predicted molar refractivity (Wildman–Crippen MR) is 81.3 cm³/mol. The molecule has 4 heterocycles. The molecule has 0 atom stereocenters. The van der Waals surface area contributed by atoms with Crippen LogP contribution in [0.4, 0.5) is 4.79 Å². The molecule has 0 saturated carbocycles. The second-order valence-electron chi connectivity index (χ2n) is 5.94. The average molecular weight is 312 g/mol. The highest BCUT2D eigenvalue weighted by Gasteiger charge is 2.48. The molecule has 2 amide bonds. The van der Waals surface area contributed by atoms with E-state index in [1.54, 1.807) is 17.2 Å². The van der Waals surface area contributed by atoms with E-state index in [1.807, 2.05) is 35.2 Å². The lowest BCUT2D eigenvalue weighted by molar-refractivity contribution is -0.00141. The van der Waals surface area contributed by atoms with Crippen molar-refractivity contribution in [3.63, 3.8) is 0 Å². The highest BCUT2D eigenvalue weighted by Crippen LogP contribution is 2.28. The first-order valence-electron chi connectivity index (χ1n) is 7.49. The van der Waals surface area contributed by atoms with Gasteiger partial charge in [-0.1, -0.05) is 0 Å². The Bertz CT molecular complexity index is 750. The molecule has 1 spiro atoms. The minimum absolute atomic E-state index is 0.120. The number of ether oxygens (including phenoxy) is 1. The molecule has 118 valence electrons. The van der Waals surface area contributed by atoms with E-state index >= 15 is 0 Å². The SMILES string of the molecule is O=C1NC2(CCO1)CN(C(=O)c1cc(-n3cccc3)ccn1)C2. The van der Waals surface area contributed by atoms with Crippen LogP contribution in [0, 0.1) is 0 Å². The van der Waals surface area contributed by atoms with Crippen LogP contribution in [0.2, 0.25) is 0 Å². The zero-order valence-corrected chi connectivity index (χ0v) is 12.4. The van der Waals surface area contributed by atoms with Crippen LogP contribution in [0.15, 0.2) is 42.9 Å². The maximum atomic E-state index is 12.6. The van der Waals surface area contributed by atoms with Crippen molar-refractivity contribution < 1.29 is 14.3 Å². The molecular formula is C16H16N4O3. The number of nitrogens with zero attached hydrogens (tertiary/aromatic N) is 3. The van der Waals surface area contributed by atoms with E-state index in [0.717, 1.165) is 12.1 Å². The molecule has 7 nitrogen and oxygen atoms in total. The highest BCUT2D eigenvalue weighted by atomic mass is 16.6. The van der Waals surface area contributed by atoms with Crippen LogP contribution >= 0.6 is 0 Å². The van der Waals surface area contributed by atoms with Gasteiger partial charge in [0.15, 0.2) is 0 Å². The van der Waals surface area contributed by atoms with Gasteiger partial charge < -0.3 is 19.5 Å². The number of cyclic esters (lactones) is 1. The Kier molecular flexibility index (Phi) is 3.07. The highest BCUT2D eigenvalue weighted by molar-refractivity contribution is 5.93. The van der Waals surface area contributed by atoms with Gasteiger partial charge in [-0.25, -0.2) is 4.79 Å². The lowest BCUT2D eigenvalue weighted by Crippen LogP contribution is -2.73. The summed E-state index contributed by atoms with van der Waals surface area (Å²) in [5, 5.41) is 2.82. The first kappa shape index (κ1) is 13.8. The van der Waals surface area contributed by atoms with Crippen LogP contribution < -0.4 is 5.32 Å². The predicted octanol–water partition coefficient (Wildman–Crippen LogP) is 1.20. The number of rotatable bonds is 2. The molecule has 2 aliphatic rings. The number of carbonyl (C=O) groups excluding carboxylic acids is 2. The van der Waals surface area contributed by atoms with Gasteiger partial charge in [0.2, 0.25) is 0 Å². The van der Waals surface area contributed by atoms with Crippen molar-refractivity contribution in [2.45, 2.75) is 12.0 Å². The molecule has 0 radical (unpaired) electrons. The molecule has 0 aromatic carbocycles. The van der Waals surface area contributed by atoms with Gasteiger partial charge in [-0.15, -0.1) is 0 Å². The van der Waals surface area contributed by atoms with Crippen LogP contribution in [-0.2, 0) is 4.74 Å². The first-order valence-corrected chi connectivity index (χ1v) is 7.49. The van der Waals surface area contributed by atoms with Crippen molar-refractivity contribution in [3.05, 3.63) is 48.5 Å². The number of alkyl carbamates (subject to hydrolysis) is 1. The number of pyridine rings is 1. The Balaban J connectivity index is 1.48. The van der Waals surface area contributed by atoms with Crippen molar-refractivity contribution in [2.75, 3.05) is 19.7 Å². The topological polar surface area (TPSA) is 76.5 Å². The fourth-order valence-corrected chi connectivity index (χ4v) is 3.08. The fourth-order valence-electron chi connectivity index (χ4n) is 3.08. The average Bonchev–Trinajstić information content (AvgIpc) is 3.06. The Morgan fingerprint density at radius 1 is 1.30 bits per heavy atom. The van der Waals surface area contributed by atoms with Crippen LogP contribution in [0.5, 0.6) is 0 Å². The van der Waals surface area contributed by atoms with Crippen molar-refractivity contribution in [2.24, 2.45) is 0 Å².